The van der Waals surface area contributed by atoms with Crippen molar-refractivity contribution in [2.75, 3.05) is 20.6 Å². The van der Waals surface area contributed by atoms with Gasteiger partial charge >= 0.3 is 0 Å². The average molecular weight is 235 g/mol. The van der Waals surface area contributed by atoms with Crippen molar-refractivity contribution in [3.05, 3.63) is 35.9 Å². The Hall–Kier alpha value is -0.900. The third kappa shape index (κ3) is 6.41. The SMILES string of the molecule is CN(C)CCC(CCCc1ccccc1)NN. The topological polar surface area (TPSA) is 41.3 Å². The fraction of sp³-hybridized carbons (Fsp3) is 0.571. The van der Waals surface area contributed by atoms with E-state index in [0.29, 0.717) is 6.04 Å². The largest absolute Gasteiger partial charge is 0.309 e. The third-order valence-electron chi connectivity index (χ3n) is 3.02. The number of nitrogens with zero attached hydrogens (tertiary/aromatic N) is 1. The Morgan fingerprint density at radius 1 is 1.18 bits per heavy atom. The van der Waals surface area contributed by atoms with Crippen LogP contribution in [-0.2, 0) is 6.42 Å². The molecule has 1 aromatic carbocycles. The molecule has 3 heteroatoms. The van der Waals surface area contributed by atoms with Crippen molar-refractivity contribution < 1.29 is 0 Å². The van der Waals surface area contributed by atoms with Gasteiger partial charge in [-0.25, -0.2) is 0 Å². The van der Waals surface area contributed by atoms with Crippen molar-refractivity contribution in [3.63, 3.8) is 0 Å². The minimum absolute atomic E-state index is 0.432. The molecule has 96 valence electrons. The lowest BCUT2D eigenvalue weighted by atomic mass is 10.0. The maximum absolute atomic E-state index is 5.57. The zero-order chi connectivity index (χ0) is 12.5. The second-order valence-electron chi connectivity index (χ2n) is 4.83. The highest BCUT2D eigenvalue weighted by molar-refractivity contribution is 5.14. The van der Waals surface area contributed by atoms with Crippen LogP contribution in [0.5, 0.6) is 0 Å². The Morgan fingerprint density at radius 3 is 2.47 bits per heavy atom. The van der Waals surface area contributed by atoms with Crippen LogP contribution in [0.25, 0.3) is 0 Å². The first-order valence-corrected chi connectivity index (χ1v) is 6.37. The fourth-order valence-corrected chi connectivity index (χ4v) is 1.92. The summed E-state index contributed by atoms with van der Waals surface area (Å²) in [7, 11) is 4.19. The molecule has 0 saturated heterocycles. The minimum Gasteiger partial charge on any atom is -0.309 e. The summed E-state index contributed by atoms with van der Waals surface area (Å²) < 4.78 is 0. The molecule has 17 heavy (non-hydrogen) atoms. The van der Waals surface area contributed by atoms with Crippen LogP contribution in [0.1, 0.15) is 24.8 Å². The van der Waals surface area contributed by atoms with E-state index in [9.17, 15) is 0 Å². The Kier molecular flexibility index (Phi) is 6.86. The van der Waals surface area contributed by atoms with E-state index in [-0.39, 0.29) is 0 Å². The summed E-state index contributed by atoms with van der Waals surface area (Å²) in [5.41, 5.74) is 4.33. The smallest absolute Gasteiger partial charge is 0.0222 e. The first kappa shape index (κ1) is 14.2. The molecule has 0 aromatic heterocycles. The number of hydrazine groups is 1. The molecule has 0 spiro atoms. The zero-order valence-corrected chi connectivity index (χ0v) is 11.0. The van der Waals surface area contributed by atoms with Crippen LogP contribution in [0, 0.1) is 0 Å². The number of benzene rings is 1. The Labute approximate surface area is 105 Å². The molecular weight excluding hydrogens is 210 g/mol. The highest BCUT2D eigenvalue weighted by Gasteiger charge is 2.06. The van der Waals surface area contributed by atoms with Gasteiger partial charge in [0.25, 0.3) is 0 Å². The summed E-state index contributed by atoms with van der Waals surface area (Å²) in [5.74, 6) is 5.57. The number of nitrogens with two attached hydrogens (primary N) is 1. The molecule has 0 fully saturated rings. The van der Waals surface area contributed by atoms with Crippen molar-refractivity contribution in [1.29, 1.82) is 0 Å². The van der Waals surface area contributed by atoms with Gasteiger partial charge < -0.3 is 4.90 Å². The van der Waals surface area contributed by atoms with Crippen molar-refractivity contribution in [3.8, 4) is 0 Å². The van der Waals surface area contributed by atoms with Crippen molar-refractivity contribution in [1.82, 2.24) is 10.3 Å². The Balaban J connectivity index is 2.19. The molecule has 0 heterocycles. The third-order valence-corrected chi connectivity index (χ3v) is 3.02. The first-order valence-electron chi connectivity index (χ1n) is 6.37. The molecule has 3 N–H and O–H groups in total. The minimum atomic E-state index is 0.432. The molecule has 0 aliphatic carbocycles. The van der Waals surface area contributed by atoms with Gasteiger partial charge in [-0.3, -0.25) is 11.3 Å². The summed E-state index contributed by atoms with van der Waals surface area (Å²) in [6.45, 7) is 1.08. The monoisotopic (exact) mass is 235 g/mol. The molecule has 0 amide bonds. The first-order chi connectivity index (χ1) is 8.22. The van der Waals surface area contributed by atoms with Crippen molar-refractivity contribution in [2.24, 2.45) is 5.84 Å². The summed E-state index contributed by atoms with van der Waals surface area (Å²) in [6, 6.07) is 11.1. The van der Waals surface area contributed by atoms with Crippen molar-refractivity contribution in [2.45, 2.75) is 31.7 Å². The molecular formula is C14H25N3. The fourth-order valence-electron chi connectivity index (χ4n) is 1.92. The predicted octanol–water partition coefficient (Wildman–Crippen LogP) is 1.79. The van der Waals surface area contributed by atoms with Gasteiger partial charge in [0, 0.05) is 6.04 Å². The van der Waals surface area contributed by atoms with E-state index in [4.69, 9.17) is 5.84 Å². The van der Waals surface area contributed by atoms with Crippen LogP contribution in [0.4, 0.5) is 0 Å². The van der Waals surface area contributed by atoms with Gasteiger partial charge in [-0.15, -0.1) is 0 Å². The average Bonchev–Trinajstić information content (AvgIpc) is 2.34. The molecule has 0 saturated carbocycles. The number of hydrogen-bond donors (Lipinski definition) is 2. The van der Waals surface area contributed by atoms with E-state index in [1.807, 2.05) is 0 Å². The number of nitrogens with one attached hydrogen (secondary N) is 1. The van der Waals surface area contributed by atoms with E-state index in [1.165, 1.54) is 12.0 Å². The highest BCUT2D eigenvalue weighted by atomic mass is 15.2. The lowest BCUT2D eigenvalue weighted by molar-refractivity contribution is 0.348. The molecule has 0 bridgehead atoms. The molecule has 0 radical (unpaired) electrons. The summed E-state index contributed by atoms with van der Waals surface area (Å²) >= 11 is 0. The zero-order valence-electron chi connectivity index (χ0n) is 11.0. The van der Waals surface area contributed by atoms with E-state index in [0.717, 1.165) is 25.8 Å². The van der Waals surface area contributed by atoms with Gasteiger partial charge in [0.2, 0.25) is 0 Å². The lowest BCUT2D eigenvalue weighted by Gasteiger charge is -2.18. The van der Waals surface area contributed by atoms with E-state index in [1.54, 1.807) is 0 Å². The van der Waals surface area contributed by atoms with Gasteiger partial charge in [-0.05, 0) is 51.9 Å². The highest BCUT2D eigenvalue weighted by Crippen LogP contribution is 2.08. The Morgan fingerprint density at radius 2 is 1.88 bits per heavy atom. The standard InChI is InChI=1S/C14H25N3/c1-17(2)12-11-14(16-15)10-6-9-13-7-4-3-5-8-13/h3-5,7-8,14,16H,6,9-12,15H2,1-2H3. The van der Waals surface area contributed by atoms with E-state index >= 15 is 0 Å². The number of aryl methyl sites for hydroxylation is 1. The summed E-state index contributed by atoms with van der Waals surface area (Å²) in [6.07, 6.45) is 4.57. The maximum atomic E-state index is 5.57. The predicted molar refractivity (Wildman–Crippen MR) is 73.7 cm³/mol. The number of rotatable bonds is 8. The summed E-state index contributed by atoms with van der Waals surface area (Å²) in [4.78, 5) is 2.20. The number of hydrogen-bond acceptors (Lipinski definition) is 3. The van der Waals surface area contributed by atoms with Crippen LogP contribution in [0.15, 0.2) is 30.3 Å². The van der Waals surface area contributed by atoms with Crippen LogP contribution >= 0.6 is 0 Å². The van der Waals surface area contributed by atoms with Gasteiger partial charge in [0.1, 0.15) is 0 Å². The maximum Gasteiger partial charge on any atom is 0.0222 e. The van der Waals surface area contributed by atoms with Gasteiger partial charge in [-0.2, -0.15) is 0 Å². The van der Waals surface area contributed by atoms with Gasteiger partial charge in [0.05, 0.1) is 0 Å². The van der Waals surface area contributed by atoms with Gasteiger partial charge in [0.15, 0.2) is 0 Å². The van der Waals surface area contributed by atoms with Crippen molar-refractivity contribution >= 4 is 0 Å². The van der Waals surface area contributed by atoms with E-state index < -0.39 is 0 Å². The lowest BCUT2D eigenvalue weighted by Crippen LogP contribution is -2.37. The molecule has 1 rings (SSSR count). The normalized spacial score (nSPS) is 12.9. The molecule has 3 nitrogen and oxygen atoms in total. The van der Waals surface area contributed by atoms with E-state index in [2.05, 4.69) is 54.8 Å². The quantitative estimate of drug-likeness (QED) is 0.533. The Bertz CT molecular complexity index is 285. The van der Waals surface area contributed by atoms with Crippen LogP contribution < -0.4 is 11.3 Å². The molecule has 1 atom stereocenters. The molecule has 0 aliphatic rings. The molecule has 1 aromatic rings. The second-order valence-corrected chi connectivity index (χ2v) is 4.83. The molecule has 0 aliphatic heterocycles. The summed E-state index contributed by atoms with van der Waals surface area (Å²) in [5, 5.41) is 0. The van der Waals surface area contributed by atoms with Crippen LogP contribution in [-0.4, -0.2) is 31.6 Å². The molecule has 1 unspecified atom stereocenters. The second kappa shape index (κ2) is 8.23. The van der Waals surface area contributed by atoms with Crippen LogP contribution in [0.3, 0.4) is 0 Å². The van der Waals surface area contributed by atoms with Crippen LogP contribution in [0.2, 0.25) is 0 Å². The van der Waals surface area contributed by atoms with Gasteiger partial charge in [-0.1, -0.05) is 30.3 Å².